The van der Waals surface area contributed by atoms with E-state index in [0.717, 1.165) is 24.4 Å². The van der Waals surface area contributed by atoms with Gasteiger partial charge in [0.1, 0.15) is 0 Å². The first-order valence-corrected chi connectivity index (χ1v) is 8.45. The minimum atomic E-state index is -0.0687. The second-order valence-electron chi connectivity index (χ2n) is 6.69. The van der Waals surface area contributed by atoms with Gasteiger partial charge in [-0.25, -0.2) is 0 Å². The molecule has 1 aromatic heterocycles. The molecular formula is C15H26N4OS. The fraction of sp³-hybridized carbons (Fsp3) is 0.733. The highest BCUT2D eigenvalue weighted by Gasteiger charge is 2.33. The third kappa shape index (κ3) is 4.48. The molecule has 1 aliphatic rings. The number of hydrogen-bond acceptors (Lipinski definition) is 4. The minimum Gasteiger partial charge on any atom is -0.308 e. The Morgan fingerprint density at radius 1 is 1.52 bits per heavy atom. The second-order valence-corrected chi connectivity index (χ2v) is 8.54. The maximum Gasteiger partial charge on any atom is 0.244 e. The Balaban J connectivity index is 1.87. The summed E-state index contributed by atoms with van der Waals surface area (Å²) in [5, 5.41) is 7.61. The first-order valence-electron chi connectivity index (χ1n) is 7.46. The molecule has 6 heteroatoms. The van der Waals surface area contributed by atoms with Crippen molar-refractivity contribution in [3.8, 4) is 0 Å². The number of thioether (sulfide) groups is 1. The van der Waals surface area contributed by atoms with Crippen LogP contribution in [0.1, 0.15) is 34.1 Å². The Bertz CT molecular complexity index is 494. The predicted molar refractivity (Wildman–Crippen MR) is 88.8 cm³/mol. The fourth-order valence-corrected chi connectivity index (χ4v) is 3.25. The summed E-state index contributed by atoms with van der Waals surface area (Å²) < 4.78 is 1.99. The van der Waals surface area contributed by atoms with Crippen molar-refractivity contribution in [1.29, 1.82) is 0 Å². The zero-order valence-electron chi connectivity index (χ0n) is 13.6. The molecule has 0 unspecified atom stereocenters. The Labute approximate surface area is 131 Å². The predicted octanol–water partition coefficient (Wildman–Crippen LogP) is 2.04. The van der Waals surface area contributed by atoms with Crippen molar-refractivity contribution in [2.45, 2.75) is 50.9 Å². The Kier molecular flexibility index (Phi) is 4.99. The molecule has 2 rings (SSSR count). The van der Waals surface area contributed by atoms with E-state index in [-0.39, 0.29) is 16.7 Å². The molecule has 1 aliphatic heterocycles. The number of aromatic nitrogens is 2. The van der Waals surface area contributed by atoms with E-state index >= 15 is 0 Å². The highest BCUT2D eigenvalue weighted by molar-refractivity contribution is 8.00. The van der Waals surface area contributed by atoms with Crippen LogP contribution in [0.5, 0.6) is 0 Å². The largest absolute Gasteiger partial charge is 0.308 e. The van der Waals surface area contributed by atoms with Crippen molar-refractivity contribution in [1.82, 2.24) is 15.1 Å². The van der Waals surface area contributed by atoms with Crippen molar-refractivity contribution in [3.63, 3.8) is 0 Å². The molecule has 1 saturated heterocycles. The Hall–Kier alpha value is -1.01. The minimum absolute atomic E-state index is 0.0687. The lowest BCUT2D eigenvalue weighted by atomic mass is 10.2. The summed E-state index contributed by atoms with van der Waals surface area (Å²) in [6.07, 6.45) is 4.50. The van der Waals surface area contributed by atoms with Gasteiger partial charge in [-0.15, -0.1) is 0 Å². The first kappa shape index (κ1) is 16.4. The van der Waals surface area contributed by atoms with Crippen LogP contribution >= 0.6 is 11.8 Å². The van der Waals surface area contributed by atoms with E-state index < -0.39 is 0 Å². The van der Waals surface area contributed by atoms with Crippen LogP contribution in [0, 0.1) is 0 Å². The summed E-state index contributed by atoms with van der Waals surface area (Å²) in [7, 11) is 1.87. The zero-order chi connectivity index (χ0) is 15.6. The second kappa shape index (κ2) is 6.40. The SMILES string of the molecule is C[C@@H](CSC(C)(C)C)N[C@H]1CCN(c2cnn(C)c2)C1=O. The highest BCUT2D eigenvalue weighted by atomic mass is 32.2. The molecule has 0 saturated carbocycles. The monoisotopic (exact) mass is 310 g/mol. The molecule has 1 amide bonds. The molecular weight excluding hydrogens is 284 g/mol. The summed E-state index contributed by atoms with van der Waals surface area (Å²) in [6, 6.07) is 0.262. The highest BCUT2D eigenvalue weighted by Crippen LogP contribution is 2.25. The molecule has 0 bridgehead atoms. The maximum atomic E-state index is 12.5. The van der Waals surface area contributed by atoms with Gasteiger partial charge in [0.15, 0.2) is 0 Å². The maximum absolute atomic E-state index is 12.5. The topological polar surface area (TPSA) is 50.2 Å². The van der Waals surface area contributed by atoms with Gasteiger partial charge < -0.3 is 10.2 Å². The lowest BCUT2D eigenvalue weighted by molar-refractivity contribution is -0.118. The van der Waals surface area contributed by atoms with Crippen LogP contribution in [-0.2, 0) is 11.8 Å². The van der Waals surface area contributed by atoms with Crippen LogP contribution in [0.2, 0.25) is 0 Å². The van der Waals surface area contributed by atoms with Crippen LogP contribution < -0.4 is 10.2 Å². The molecule has 1 N–H and O–H groups in total. The number of carbonyl (C=O) groups is 1. The van der Waals surface area contributed by atoms with Crippen LogP contribution in [0.3, 0.4) is 0 Å². The fourth-order valence-electron chi connectivity index (χ4n) is 2.41. The van der Waals surface area contributed by atoms with E-state index in [4.69, 9.17) is 0 Å². The number of anilines is 1. The van der Waals surface area contributed by atoms with E-state index in [1.165, 1.54) is 0 Å². The van der Waals surface area contributed by atoms with Gasteiger partial charge in [0, 0.05) is 36.3 Å². The summed E-state index contributed by atoms with van der Waals surface area (Å²) >= 11 is 1.93. The molecule has 5 nitrogen and oxygen atoms in total. The van der Waals surface area contributed by atoms with Crippen LogP contribution in [0.15, 0.2) is 12.4 Å². The average Bonchev–Trinajstić information content (AvgIpc) is 2.94. The normalized spacial score (nSPS) is 21.1. The van der Waals surface area contributed by atoms with Crippen LogP contribution in [0.25, 0.3) is 0 Å². The molecule has 0 radical (unpaired) electrons. The lowest BCUT2D eigenvalue weighted by Gasteiger charge is -2.23. The van der Waals surface area contributed by atoms with Crippen molar-refractivity contribution >= 4 is 23.4 Å². The van der Waals surface area contributed by atoms with Crippen molar-refractivity contribution in [2.24, 2.45) is 7.05 Å². The third-order valence-corrected chi connectivity index (χ3v) is 4.99. The molecule has 0 aliphatic carbocycles. The van der Waals surface area contributed by atoms with Crippen LogP contribution in [0.4, 0.5) is 5.69 Å². The summed E-state index contributed by atoms with van der Waals surface area (Å²) in [4.78, 5) is 14.3. The standard InChI is InChI=1S/C15H26N4OS/c1-11(10-21-15(2,3)4)17-13-6-7-19(14(13)20)12-8-16-18(5)9-12/h8-9,11,13,17H,6-7,10H2,1-5H3/t11-,13-/m0/s1. The number of rotatable bonds is 5. The molecule has 0 aromatic carbocycles. The summed E-state index contributed by atoms with van der Waals surface area (Å²) in [5.41, 5.74) is 0.892. The Morgan fingerprint density at radius 3 is 2.81 bits per heavy atom. The van der Waals surface area contributed by atoms with Gasteiger partial charge in [-0.3, -0.25) is 9.48 Å². The van der Waals surface area contributed by atoms with Crippen LogP contribution in [-0.4, -0.2) is 44.8 Å². The molecule has 0 spiro atoms. The molecule has 118 valence electrons. The van der Waals surface area contributed by atoms with E-state index in [1.807, 2.05) is 29.9 Å². The first-order chi connectivity index (χ1) is 9.76. The van der Waals surface area contributed by atoms with Gasteiger partial charge in [-0.1, -0.05) is 20.8 Å². The van der Waals surface area contributed by atoms with Crippen molar-refractivity contribution in [2.75, 3.05) is 17.2 Å². The third-order valence-electron chi connectivity index (χ3n) is 3.46. The molecule has 1 aromatic rings. The number of amides is 1. The zero-order valence-corrected chi connectivity index (χ0v) is 14.4. The quantitative estimate of drug-likeness (QED) is 0.904. The smallest absolute Gasteiger partial charge is 0.244 e. The summed E-state index contributed by atoms with van der Waals surface area (Å²) in [5.74, 6) is 1.18. The van der Waals surface area contributed by atoms with Gasteiger partial charge in [0.05, 0.1) is 17.9 Å². The van der Waals surface area contributed by atoms with Gasteiger partial charge >= 0.3 is 0 Å². The number of carbonyl (C=O) groups excluding carboxylic acids is 1. The Morgan fingerprint density at radius 2 is 2.24 bits per heavy atom. The average molecular weight is 310 g/mol. The molecule has 2 atom stereocenters. The summed E-state index contributed by atoms with van der Waals surface area (Å²) in [6.45, 7) is 9.57. The molecule has 1 fully saturated rings. The number of hydrogen-bond donors (Lipinski definition) is 1. The molecule has 2 heterocycles. The van der Waals surface area contributed by atoms with Gasteiger partial charge in [0.2, 0.25) is 5.91 Å². The van der Waals surface area contributed by atoms with Gasteiger partial charge in [0.25, 0.3) is 0 Å². The van der Waals surface area contributed by atoms with Crippen molar-refractivity contribution < 1.29 is 4.79 Å². The number of aryl methyl sites for hydroxylation is 1. The van der Waals surface area contributed by atoms with E-state index in [2.05, 4.69) is 38.1 Å². The van der Waals surface area contributed by atoms with E-state index in [0.29, 0.717) is 6.04 Å². The molecule has 21 heavy (non-hydrogen) atoms. The number of nitrogens with one attached hydrogen (secondary N) is 1. The number of nitrogens with zero attached hydrogens (tertiary/aromatic N) is 3. The van der Waals surface area contributed by atoms with E-state index in [1.54, 1.807) is 10.9 Å². The van der Waals surface area contributed by atoms with Gasteiger partial charge in [-0.05, 0) is 13.3 Å². The lowest BCUT2D eigenvalue weighted by Crippen LogP contribution is -2.43. The van der Waals surface area contributed by atoms with Crippen molar-refractivity contribution in [3.05, 3.63) is 12.4 Å². The van der Waals surface area contributed by atoms with E-state index in [9.17, 15) is 4.79 Å². The van der Waals surface area contributed by atoms with Gasteiger partial charge in [-0.2, -0.15) is 16.9 Å².